The van der Waals surface area contributed by atoms with Crippen LogP contribution >= 0.6 is 0 Å². The zero-order valence-corrected chi connectivity index (χ0v) is 15.6. The highest BCUT2D eigenvalue weighted by Crippen LogP contribution is 2.16. The minimum Gasteiger partial charge on any atom is -0.497 e. The standard InChI is InChI=1S/C19H24N2O3S/c1-16-3-9-19(10-4-16)25(22,23)21-13-11-20(12-14-21)15-17-5-7-18(24-2)8-6-17/h3-10H,11-15H2,1-2H3/p+1. The molecule has 6 heteroatoms. The third-order valence-corrected chi connectivity index (χ3v) is 6.61. The number of rotatable bonds is 5. The van der Waals surface area contributed by atoms with Gasteiger partial charge in [0.1, 0.15) is 12.3 Å². The fourth-order valence-electron chi connectivity index (χ4n) is 3.11. The van der Waals surface area contributed by atoms with Gasteiger partial charge in [-0.05, 0) is 43.3 Å². The first kappa shape index (κ1) is 17.9. The number of piperazine rings is 1. The van der Waals surface area contributed by atoms with Crippen molar-refractivity contribution in [1.29, 1.82) is 0 Å². The highest BCUT2D eigenvalue weighted by Gasteiger charge is 2.30. The highest BCUT2D eigenvalue weighted by molar-refractivity contribution is 7.89. The van der Waals surface area contributed by atoms with Crippen LogP contribution in [0.2, 0.25) is 0 Å². The molecule has 2 aromatic carbocycles. The fraction of sp³-hybridized carbons (Fsp3) is 0.368. The number of benzene rings is 2. The van der Waals surface area contributed by atoms with Gasteiger partial charge in [-0.3, -0.25) is 0 Å². The molecule has 2 aromatic rings. The maximum absolute atomic E-state index is 12.7. The van der Waals surface area contributed by atoms with E-state index in [0.717, 1.165) is 30.9 Å². The van der Waals surface area contributed by atoms with Gasteiger partial charge in [-0.15, -0.1) is 0 Å². The van der Waals surface area contributed by atoms with E-state index in [4.69, 9.17) is 4.74 Å². The van der Waals surface area contributed by atoms with Crippen LogP contribution < -0.4 is 9.64 Å². The van der Waals surface area contributed by atoms with E-state index in [0.29, 0.717) is 18.0 Å². The molecule has 0 atom stereocenters. The van der Waals surface area contributed by atoms with E-state index < -0.39 is 10.0 Å². The lowest BCUT2D eigenvalue weighted by atomic mass is 10.2. The average Bonchev–Trinajstić information content (AvgIpc) is 2.63. The molecule has 0 amide bonds. The lowest BCUT2D eigenvalue weighted by Crippen LogP contribution is -3.13. The molecular formula is C19H25N2O3S+. The third-order valence-electron chi connectivity index (χ3n) is 4.70. The molecule has 0 radical (unpaired) electrons. The second-order valence-corrected chi connectivity index (χ2v) is 8.43. The van der Waals surface area contributed by atoms with Crippen molar-refractivity contribution in [3.05, 3.63) is 59.7 Å². The number of hydrogen-bond donors (Lipinski definition) is 1. The Balaban J connectivity index is 1.60. The quantitative estimate of drug-likeness (QED) is 0.868. The zero-order chi connectivity index (χ0) is 17.9. The van der Waals surface area contributed by atoms with E-state index in [1.165, 1.54) is 10.5 Å². The van der Waals surface area contributed by atoms with Gasteiger partial charge in [0, 0.05) is 5.56 Å². The van der Waals surface area contributed by atoms with Crippen molar-refractivity contribution >= 4 is 10.0 Å². The number of methoxy groups -OCH3 is 1. The molecule has 1 saturated heterocycles. The molecule has 3 rings (SSSR count). The van der Waals surface area contributed by atoms with Gasteiger partial charge in [0.2, 0.25) is 10.0 Å². The zero-order valence-electron chi connectivity index (χ0n) is 14.7. The van der Waals surface area contributed by atoms with Crippen LogP contribution in [-0.4, -0.2) is 46.0 Å². The van der Waals surface area contributed by atoms with Crippen molar-refractivity contribution in [3.63, 3.8) is 0 Å². The van der Waals surface area contributed by atoms with Crippen LogP contribution in [0.5, 0.6) is 5.75 Å². The summed E-state index contributed by atoms with van der Waals surface area (Å²) in [6.45, 7) is 5.61. The largest absolute Gasteiger partial charge is 0.497 e. The van der Waals surface area contributed by atoms with Crippen LogP contribution in [0.25, 0.3) is 0 Å². The van der Waals surface area contributed by atoms with Crippen molar-refractivity contribution in [3.8, 4) is 5.75 Å². The first-order valence-corrected chi connectivity index (χ1v) is 9.96. The van der Waals surface area contributed by atoms with Crippen molar-refractivity contribution < 1.29 is 18.1 Å². The Hall–Kier alpha value is -1.89. The predicted octanol–water partition coefficient (Wildman–Crippen LogP) is 1.09. The van der Waals surface area contributed by atoms with Crippen LogP contribution in [0.3, 0.4) is 0 Å². The van der Waals surface area contributed by atoms with Gasteiger partial charge in [-0.25, -0.2) is 8.42 Å². The minimum absolute atomic E-state index is 0.386. The van der Waals surface area contributed by atoms with Crippen LogP contribution in [-0.2, 0) is 16.6 Å². The van der Waals surface area contributed by atoms with E-state index in [9.17, 15) is 8.42 Å². The molecule has 0 saturated carbocycles. The Kier molecular flexibility index (Phi) is 5.42. The summed E-state index contributed by atoms with van der Waals surface area (Å²) >= 11 is 0. The summed E-state index contributed by atoms with van der Waals surface area (Å²) in [5.74, 6) is 0.854. The molecule has 5 nitrogen and oxygen atoms in total. The predicted molar refractivity (Wildman–Crippen MR) is 97.3 cm³/mol. The molecule has 0 aliphatic carbocycles. The lowest BCUT2D eigenvalue weighted by Gasteiger charge is -2.31. The van der Waals surface area contributed by atoms with Crippen molar-refractivity contribution in [2.75, 3.05) is 33.3 Å². The number of aryl methyl sites for hydroxylation is 1. The summed E-state index contributed by atoms with van der Waals surface area (Å²) < 4.78 is 32.3. The number of ether oxygens (including phenoxy) is 1. The van der Waals surface area contributed by atoms with Gasteiger partial charge in [-0.1, -0.05) is 17.7 Å². The Morgan fingerprint density at radius 1 is 1.00 bits per heavy atom. The van der Waals surface area contributed by atoms with E-state index in [-0.39, 0.29) is 0 Å². The van der Waals surface area contributed by atoms with E-state index in [1.807, 2.05) is 31.2 Å². The second-order valence-electron chi connectivity index (χ2n) is 6.49. The molecular weight excluding hydrogens is 336 g/mol. The van der Waals surface area contributed by atoms with Gasteiger partial charge < -0.3 is 9.64 Å². The van der Waals surface area contributed by atoms with Crippen molar-refractivity contribution in [2.45, 2.75) is 18.4 Å². The molecule has 1 heterocycles. The summed E-state index contributed by atoms with van der Waals surface area (Å²) in [4.78, 5) is 1.79. The van der Waals surface area contributed by atoms with E-state index in [1.54, 1.807) is 23.5 Å². The number of nitrogens with one attached hydrogen (secondary N) is 1. The summed E-state index contributed by atoms with van der Waals surface area (Å²) in [5, 5.41) is 0. The molecule has 0 unspecified atom stereocenters. The molecule has 1 fully saturated rings. The molecule has 0 bridgehead atoms. The average molecular weight is 361 g/mol. The summed E-state index contributed by atoms with van der Waals surface area (Å²) in [5.41, 5.74) is 2.30. The Labute approximate surface area is 149 Å². The number of hydrogen-bond acceptors (Lipinski definition) is 3. The molecule has 134 valence electrons. The minimum atomic E-state index is -3.38. The van der Waals surface area contributed by atoms with Crippen molar-refractivity contribution in [1.82, 2.24) is 4.31 Å². The van der Waals surface area contributed by atoms with Gasteiger partial charge >= 0.3 is 0 Å². The number of quaternary nitrogens is 1. The lowest BCUT2D eigenvalue weighted by molar-refractivity contribution is -0.917. The maximum Gasteiger partial charge on any atom is 0.243 e. The maximum atomic E-state index is 12.7. The number of sulfonamides is 1. The molecule has 25 heavy (non-hydrogen) atoms. The van der Waals surface area contributed by atoms with Gasteiger partial charge in [0.25, 0.3) is 0 Å². The first-order valence-electron chi connectivity index (χ1n) is 8.52. The Morgan fingerprint density at radius 2 is 1.60 bits per heavy atom. The van der Waals surface area contributed by atoms with E-state index >= 15 is 0 Å². The Bertz CT molecular complexity index is 794. The van der Waals surface area contributed by atoms with Crippen LogP contribution in [0.15, 0.2) is 53.4 Å². The third kappa shape index (κ3) is 4.21. The highest BCUT2D eigenvalue weighted by atomic mass is 32.2. The molecule has 0 aromatic heterocycles. The fourth-order valence-corrected chi connectivity index (χ4v) is 4.55. The molecule has 1 aliphatic rings. The summed E-state index contributed by atoms with van der Waals surface area (Å²) in [7, 11) is -1.72. The van der Waals surface area contributed by atoms with Gasteiger partial charge in [0.15, 0.2) is 0 Å². The second kappa shape index (κ2) is 7.56. The smallest absolute Gasteiger partial charge is 0.243 e. The van der Waals surface area contributed by atoms with E-state index in [2.05, 4.69) is 12.1 Å². The number of nitrogens with zero attached hydrogens (tertiary/aromatic N) is 1. The SMILES string of the molecule is COc1ccc(C[NH+]2CCN(S(=O)(=O)c3ccc(C)cc3)CC2)cc1. The normalized spacial score (nSPS) is 16.7. The monoisotopic (exact) mass is 361 g/mol. The van der Waals surface area contributed by atoms with Gasteiger partial charge in [-0.2, -0.15) is 4.31 Å². The topological polar surface area (TPSA) is 51.1 Å². The van der Waals surface area contributed by atoms with Crippen molar-refractivity contribution in [2.24, 2.45) is 0 Å². The first-order chi connectivity index (χ1) is 12.0. The molecule has 1 N–H and O–H groups in total. The Morgan fingerprint density at radius 3 is 2.16 bits per heavy atom. The molecule has 1 aliphatic heterocycles. The summed E-state index contributed by atoms with van der Waals surface area (Å²) in [6, 6.07) is 15.2. The molecule has 0 spiro atoms. The van der Waals surface area contributed by atoms with Crippen LogP contribution in [0.1, 0.15) is 11.1 Å². The van der Waals surface area contributed by atoms with Gasteiger partial charge in [0.05, 0.1) is 38.2 Å². The van der Waals surface area contributed by atoms with Crippen LogP contribution in [0.4, 0.5) is 0 Å². The summed E-state index contributed by atoms with van der Waals surface area (Å²) in [6.07, 6.45) is 0. The van der Waals surface area contributed by atoms with Crippen LogP contribution in [0, 0.1) is 6.92 Å².